The first-order valence-electron chi connectivity index (χ1n) is 11.2. The van der Waals surface area contributed by atoms with Crippen LogP contribution in [0.2, 0.25) is 5.02 Å². The number of nitrogens with zero attached hydrogens (tertiary/aromatic N) is 2. The maximum atomic E-state index is 13.4. The number of halogens is 1. The Morgan fingerprint density at radius 3 is 2.22 bits per heavy atom. The van der Waals surface area contributed by atoms with Gasteiger partial charge < -0.3 is 10.2 Å². The number of likely N-dealkylation sites (tertiary alicyclic amines) is 2. The van der Waals surface area contributed by atoms with Gasteiger partial charge >= 0.3 is 0 Å². The Morgan fingerprint density at radius 2 is 1.62 bits per heavy atom. The highest BCUT2D eigenvalue weighted by Gasteiger charge is 2.47. The molecule has 8 heteroatoms. The molecule has 4 rings (SSSR count). The average molecular weight is 458 g/mol. The number of hydrogen-bond acceptors (Lipinski definition) is 4. The molecule has 2 fully saturated rings. The number of rotatable bonds is 4. The molecule has 32 heavy (non-hydrogen) atoms. The largest absolute Gasteiger partial charge is 0.333 e. The maximum absolute atomic E-state index is 13.4. The lowest BCUT2D eigenvalue weighted by molar-refractivity contribution is -0.142. The van der Waals surface area contributed by atoms with Crippen LogP contribution in [0.15, 0.2) is 30.4 Å². The minimum absolute atomic E-state index is 0.0885. The van der Waals surface area contributed by atoms with E-state index in [4.69, 9.17) is 11.6 Å². The number of carbonyl (C=O) groups is 4. The number of allylic oxidation sites excluding steroid dienone is 2. The predicted octanol–water partition coefficient (Wildman–Crippen LogP) is 3.63. The third-order valence-corrected chi connectivity index (χ3v) is 7.05. The van der Waals surface area contributed by atoms with Gasteiger partial charge in [-0.3, -0.25) is 24.1 Å². The lowest BCUT2D eigenvalue weighted by Gasteiger charge is -2.39. The van der Waals surface area contributed by atoms with Crippen LogP contribution >= 0.6 is 11.6 Å². The van der Waals surface area contributed by atoms with Crippen LogP contribution in [0.4, 0.5) is 5.69 Å². The Bertz CT molecular complexity index is 955. The Morgan fingerprint density at radius 1 is 1.03 bits per heavy atom. The van der Waals surface area contributed by atoms with Crippen molar-refractivity contribution in [2.24, 2.45) is 11.8 Å². The summed E-state index contributed by atoms with van der Waals surface area (Å²) in [7, 11) is 0. The highest BCUT2D eigenvalue weighted by molar-refractivity contribution is 6.31. The Balaban J connectivity index is 1.51. The smallest absolute Gasteiger partial charge is 0.256 e. The molecule has 0 spiro atoms. The van der Waals surface area contributed by atoms with Gasteiger partial charge in [-0.25, -0.2) is 0 Å². The molecule has 1 N–H and O–H groups in total. The highest BCUT2D eigenvalue weighted by atomic mass is 35.5. The SMILES string of the molecule is C[C@@H]1CCC[C@H](C)N1C(=O)c1cc(Cl)ccc1NC(=O)CN1C(=O)[C@H]2CC=CC[C@@H]2C1=O. The first-order valence-corrected chi connectivity index (χ1v) is 11.6. The molecule has 170 valence electrons. The number of benzene rings is 1. The quantitative estimate of drug-likeness (QED) is 0.552. The molecule has 0 bridgehead atoms. The van der Waals surface area contributed by atoms with Gasteiger partial charge in [0.15, 0.2) is 0 Å². The molecule has 2 saturated heterocycles. The number of amides is 4. The molecule has 2 aliphatic heterocycles. The van der Waals surface area contributed by atoms with Crippen molar-refractivity contribution in [2.75, 3.05) is 11.9 Å². The van der Waals surface area contributed by atoms with Gasteiger partial charge in [0.1, 0.15) is 6.54 Å². The predicted molar refractivity (Wildman–Crippen MR) is 121 cm³/mol. The standard InChI is InChI=1S/C24H28ClN3O4/c1-14-6-5-7-15(2)28(14)24(32)19-12-16(25)10-11-20(19)26-21(29)13-27-22(30)17-8-3-4-9-18(17)23(27)31/h3-4,10-12,14-15,17-18H,5-9,13H2,1-2H3,(H,26,29)/t14-,15+,17-,18-/m0/s1. The first-order chi connectivity index (χ1) is 15.3. The van der Waals surface area contributed by atoms with Gasteiger partial charge in [-0.2, -0.15) is 0 Å². The number of carbonyl (C=O) groups excluding carboxylic acids is 4. The van der Waals surface area contributed by atoms with Crippen molar-refractivity contribution < 1.29 is 19.2 Å². The number of nitrogens with one attached hydrogen (secondary N) is 1. The summed E-state index contributed by atoms with van der Waals surface area (Å²) < 4.78 is 0. The second kappa shape index (κ2) is 9.06. The van der Waals surface area contributed by atoms with E-state index in [-0.39, 0.29) is 48.2 Å². The van der Waals surface area contributed by atoms with Crippen molar-refractivity contribution in [3.05, 3.63) is 40.9 Å². The van der Waals surface area contributed by atoms with Crippen LogP contribution < -0.4 is 5.32 Å². The van der Waals surface area contributed by atoms with Crippen molar-refractivity contribution in [1.29, 1.82) is 0 Å². The summed E-state index contributed by atoms with van der Waals surface area (Å²) in [5, 5.41) is 3.12. The van der Waals surface area contributed by atoms with Gasteiger partial charge in [-0.05, 0) is 64.2 Å². The van der Waals surface area contributed by atoms with E-state index in [1.807, 2.05) is 30.9 Å². The molecular formula is C24H28ClN3O4. The third-order valence-electron chi connectivity index (χ3n) is 6.81. The van der Waals surface area contributed by atoms with Gasteiger partial charge in [-0.1, -0.05) is 23.8 Å². The maximum Gasteiger partial charge on any atom is 0.256 e. The van der Waals surface area contributed by atoms with E-state index in [9.17, 15) is 19.2 Å². The van der Waals surface area contributed by atoms with Crippen molar-refractivity contribution in [2.45, 2.75) is 58.0 Å². The number of piperidine rings is 1. The van der Waals surface area contributed by atoms with E-state index in [2.05, 4.69) is 5.32 Å². The number of anilines is 1. The summed E-state index contributed by atoms with van der Waals surface area (Å²) in [6.07, 6.45) is 7.78. The molecule has 4 amide bonds. The van der Waals surface area contributed by atoms with E-state index in [0.717, 1.165) is 24.2 Å². The first kappa shape index (κ1) is 22.5. The van der Waals surface area contributed by atoms with E-state index in [0.29, 0.717) is 29.1 Å². The topological polar surface area (TPSA) is 86.8 Å². The summed E-state index contributed by atoms with van der Waals surface area (Å²) in [6, 6.07) is 4.92. The van der Waals surface area contributed by atoms with E-state index in [1.54, 1.807) is 18.2 Å². The van der Waals surface area contributed by atoms with Crippen molar-refractivity contribution in [1.82, 2.24) is 9.80 Å². The van der Waals surface area contributed by atoms with Crippen LogP contribution in [-0.4, -0.2) is 52.1 Å². The molecule has 4 atom stereocenters. The molecule has 0 unspecified atom stereocenters. The molecular weight excluding hydrogens is 430 g/mol. The second-order valence-electron chi connectivity index (χ2n) is 9.00. The highest BCUT2D eigenvalue weighted by Crippen LogP contribution is 2.35. The Hall–Kier alpha value is -2.67. The van der Waals surface area contributed by atoms with Crippen molar-refractivity contribution in [3.8, 4) is 0 Å². The number of fused-ring (bicyclic) bond motifs is 1. The van der Waals surface area contributed by atoms with Crippen molar-refractivity contribution in [3.63, 3.8) is 0 Å². The van der Waals surface area contributed by atoms with Crippen LogP contribution in [0.5, 0.6) is 0 Å². The third kappa shape index (κ3) is 4.18. The summed E-state index contributed by atoms with van der Waals surface area (Å²) in [4.78, 5) is 54.4. The van der Waals surface area contributed by atoms with E-state index in [1.165, 1.54) is 0 Å². The monoisotopic (exact) mass is 457 g/mol. The molecule has 1 aliphatic carbocycles. The summed E-state index contributed by atoms with van der Waals surface area (Å²) in [5.74, 6) is -2.07. The normalized spacial score (nSPS) is 27.5. The summed E-state index contributed by atoms with van der Waals surface area (Å²) >= 11 is 6.17. The molecule has 0 aromatic heterocycles. The number of hydrogen-bond donors (Lipinski definition) is 1. The summed E-state index contributed by atoms with van der Waals surface area (Å²) in [6.45, 7) is 3.68. The fourth-order valence-electron chi connectivity index (χ4n) is 5.12. The van der Waals surface area contributed by atoms with Gasteiger partial charge in [-0.15, -0.1) is 0 Å². The zero-order valence-electron chi connectivity index (χ0n) is 18.3. The van der Waals surface area contributed by atoms with Gasteiger partial charge in [0, 0.05) is 17.1 Å². The van der Waals surface area contributed by atoms with E-state index < -0.39 is 5.91 Å². The molecule has 3 aliphatic rings. The fourth-order valence-corrected chi connectivity index (χ4v) is 5.29. The molecule has 0 saturated carbocycles. The minimum Gasteiger partial charge on any atom is -0.333 e. The zero-order chi connectivity index (χ0) is 23.0. The van der Waals surface area contributed by atoms with Crippen molar-refractivity contribution >= 4 is 40.9 Å². The molecule has 1 aromatic carbocycles. The minimum atomic E-state index is -0.519. The fraction of sp³-hybridized carbons (Fsp3) is 0.500. The van der Waals surface area contributed by atoms with Crippen LogP contribution in [0.1, 0.15) is 56.3 Å². The molecule has 7 nitrogen and oxygen atoms in total. The van der Waals surface area contributed by atoms with Crippen LogP contribution in [0.25, 0.3) is 0 Å². The van der Waals surface area contributed by atoms with Crippen LogP contribution in [-0.2, 0) is 14.4 Å². The lowest BCUT2D eigenvalue weighted by atomic mass is 9.85. The van der Waals surface area contributed by atoms with Gasteiger partial charge in [0.05, 0.1) is 23.1 Å². The Labute approximate surface area is 192 Å². The molecule has 1 aromatic rings. The second-order valence-corrected chi connectivity index (χ2v) is 9.43. The van der Waals surface area contributed by atoms with Crippen LogP contribution in [0, 0.1) is 11.8 Å². The van der Waals surface area contributed by atoms with Gasteiger partial charge in [0.2, 0.25) is 17.7 Å². The average Bonchev–Trinajstić information content (AvgIpc) is 3.00. The van der Waals surface area contributed by atoms with Crippen LogP contribution in [0.3, 0.4) is 0 Å². The number of imide groups is 1. The summed E-state index contributed by atoms with van der Waals surface area (Å²) in [5.41, 5.74) is 0.635. The van der Waals surface area contributed by atoms with Gasteiger partial charge in [0.25, 0.3) is 5.91 Å². The molecule has 0 radical (unpaired) electrons. The zero-order valence-corrected chi connectivity index (χ0v) is 19.1. The lowest BCUT2D eigenvalue weighted by Crippen LogP contribution is -2.47. The Kier molecular flexibility index (Phi) is 6.38. The van der Waals surface area contributed by atoms with E-state index >= 15 is 0 Å². The molecule has 2 heterocycles.